The Morgan fingerprint density at radius 3 is 2.42 bits per heavy atom. The van der Waals surface area contributed by atoms with E-state index in [4.69, 9.17) is 10.5 Å². The first-order valence-electron chi connectivity index (χ1n) is 13.0. The molecule has 4 atom stereocenters. The van der Waals surface area contributed by atoms with E-state index in [-0.39, 0.29) is 29.7 Å². The van der Waals surface area contributed by atoms with Crippen LogP contribution in [0, 0.1) is 11.8 Å². The molecule has 0 aliphatic heterocycles. The minimum absolute atomic E-state index is 0.0208. The number of Topliss-reactive ketones (excluding diaryl/α,β-unsaturated/α-hetero) is 2. The molecule has 1 saturated carbocycles. The number of benzene rings is 2. The summed E-state index contributed by atoms with van der Waals surface area (Å²) in [4.78, 5) is 40.9. The number of ketones is 2. The van der Waals surface area contributed by atoms with Gasteiger partial charge in [0.15, 0.2) is 11.4 Å². The van der Waals surface area contributed by atoms with E-state index in [1.54, 1.807) is 27.3 Å². The van der Waals surface area contributed by atoms with Crippen LogP contribution in [-0.2, 0) is 27.2 Å². The van der Waals surface area contributed by atoms with Gasteiger partial charge in [-0.15, -0.1) is 0 Å². The molecule has 1 fully saturated rings. The SMILES string of the molecule is CCc1ccc(OC)c(-c2ccc(O)c3c2CC2CC4C(N(C)C)C(=O)C(C(N)=O)=C(O)C4(O)C(=O)C2=C3O)c1. The number of primary amides is 1. The quantitative estimate of drug-likeness (QED) is 0.351. The predicted molar refractivity (Wildman–Crippen MR) is 146 cm³/mol. The average molecular weight is 549 g/mol. The lowest BCUT2D eigenvalue weighted by Gasteiger charge is -2.50. The van der Waals surface area contributed by atoms with Crippen molar-refractivity contribution in [3.63, 3.8) is 0 Å². The van der Waals surface area contributed by atoms with Crippen molar-refractivity contribution in [2.75, 3.05) is 21.2 Å². The number of phenols is 1. The summed E-state index contributed by atoms with van der Waals surface area (Å²) in [6, 6.07) is 7.78. The molecule has 0 heterocycles. The van der Waals surface area contributed by atoms with Crippen LogP contribution in [0.4, 0.5) is 0 Å². The van der Waals surface area contributed by atoms with Gasteiger partial charge in [-0.1, -0.05) is 19.1 Å². The maximum atomic E-state index is 14.0. The molecule has 4 unspecified atom stereocenters. The smallest absolute Gasteiger partial charge is 0.255 e. The number of amides is 1. The van der Waals surface area contributed by atoms with Gasteiger partial charge in [-0.25, -0.2) is 0 Å². The monoisotopic (exact) mass is 548 g/mol. The lowest BCUT2D eigenvalue weighted by Crippen LogP contribution is -2.65. The Kier molecular flexibility index (Phi) is 6.51. The molecule has 210 valence electrons. The highest BCUT2D eigenvalue weighted by molar-refractivity contribution is 6.24. The molecular formula is C30H32N2O8. The number of phenolic OH excluding ortho intramolecular Hbond substituents is 1. The van der Waals surface area contributed by atoms with Crippen molar-refractivity contribution < 1.29 is 39.5 Å². The van der Waals surface area contributed by atoms with Gasteiger partial charge in [0, 0.05) is 17.1 Å². The molecule has 0 spiro atoms. The molecule has 3 aliphatic rings. The lowest BCUT2D eigenvalue weighted by atomic mass is 9.57. The molecular weight excluding hydrogens is 516 g/mol. The highest BCUT2D eigenvalue weighted by Gasteiger charge is 2.64. The number of nitrogens with two attached hydrogens (primary N) is 1. The van der Waals surface area contributed by atoms with E-state index in [2.05, 4.69) is 0 Å². The number of aliphatic hydroxyl groups is 3. The van der Waals surface area contributed by atoms with Crippen LogP contribution in [0.1, 0.15) is 30.0 Å². The second kappa shape index (κ2) is 9.50. The Morgan fingerprint density at radius 2 is 1.82 bits per heavy atom. The zero-order chi connectivity index (χ0) is 29.3. The summed E-state index contributed by atoms with van der Waals surface area (Å²) in [5, 5.41) is 45.0. The van der Waals surface area contributed by atoms with Crippen LogP contribution in [0.3, 0.4) is 0 Å². The van der Waals surface area contributed by atoms with E-state index in [0.717, 1.165) is 17.5 Å². The molecule has 10 heteroatoms. The number of aryl methyl sites for hydroxylation is 1. The van der Waals surface area contributed by atoms with Gasteiger partial charge in [-0.2, -0.15) is 0 Å². The fourth-order valence-electron chi connectivity index (χ4n) is 6.68. The van der Waals surface area contributed by atoms with Crippen LogP contribution in [0.5, 0.6) is 11.5 Å². The van der Waals surface area contributed by atoms with E-state index >= 15 is 0 Å². The highest BCUT2D eigenvalue weighted by Crippen LogP contribution is 2.54. The number of ether oxygens (including phenoxy) is 1. The van der Waals surface area contributed by atoms with Crippen molar-refractivity contribution in [1.29, 1.82) is 0 Å². The fourth-order valence-corrected chi connectivity index (χ4v) is 6.68. The van der Waals surface area contributed by atoms with E-state index < -0.39 is 58.0 Å². The molecule has 2 aromatic carbocycles. The number of hydrogen-bond acceptors (Lipinski definition) is 9. The van der Waals surface area contributed by atoms with Gasteiger partial charge in [-0.3, -0.25) is 19.3 Å². The number of nitrogens with zero attached hydrogens (tertiary/aromatic N) is 1. The third kappa shape index (κ3) is 3.66. The third-order valence-corrected chi connectivity index (χ3v) is 8.57. The van der Waals surface area contributed by atoms with E-state index in [1.807, 2.05) is 25.1 Å². The van der Waals surface area contributed by atoms with Crippen molar-refractivity contribution >= 4 is 23.2 Å². The van der Waals surface area contributed by atoms with Crippen LogP contribution in [0.15, 0.2) is 47.2 Å². The van der Waals surface area contributed by atoms with Crippen molar-refractivity contribution in [2.45, 2.75) is 37.8 Å². The summed E-state index contributed by atoms with van der Waals surface area (Å²) >= 11 is 0. The zero-order valence-corrected chi connectivity index (χ0v) is 22.7. The van der Waals surface area contributed by atoms with Crippen molar-refractivity contribution in [3.8, 4) is 22.6 Å². The standard InChI is InChI=1S/C30H32N2O8/c1-5-13-6-9-20(40-4)16(10-13)15-7-8-19(33)22-17(15)11-14-12-18-24(32(2)3)26(35)23(29(31)38)28(37)30(18,39)27(36)21(14)25(22)34/h6-10,14,18,24,33-34,37,39H,5,11-12H2,1-4H3,(H2,31,38). The van der Waals surface area contributed by atoms with Crippen LogP contribution in [0.2, 0.25) is 0 Å². The van der Waals surface area contributed by atoms with Crippen LogP contribution in [-0.4, -0.2) is 75.6 Å². The molecule has 6 N–H and O–H groups in total. The molecule has 40 heavy (non-hydrogen) atoms. The fraction of sp³-hybridized carbons (Fsp3) is 0.367. The number of methoxy groups -OCH3 is 1. The summed E-state index contributed by atoms with van der Waals surface area (Å²) in [6.45, 7) is 2.02. The number of fused-ring (bicyclic) bond motifs is 3. The van der Waals surface area contributed by atoms with E-state index in [1.165, 1.54) is 11.0 Å². The van der Waals surface area contributed by atoms with Crippen molar-refractivity contribution in [3.05, 3.63) is 63.9 Å². The van der Waals surface area contributed by atoms with Crippen molar-refractivity contribution in [1.82, 2.24) is 4.90 Å². The maximum absolute atomic E-state index is 14.0. The van der Waals surface area contributed by atoms with Gasteiger partial charge in [-0.05, 0) is 74.2 Å². The molecule has 5 rings (SSSR count). The minimum Gasteiger partial charge on any atom is -0.508 e. The Morgan fingerprint density at radius 1 is 1.12 bits per heavy atom. The molecule has 0 bridgehead atoms. The molecule has 1 amide bonds. The Hall–Kier alpha value is -4.15. The zero-order valence-electron chi connectivity index (χ0n) is 22.7. The van der Waals surface area contributed by atoms with Gasteiger partial charge in [0.1, 0.15) is 28.6 Å². The van der Waals surface area contributed by atoms with Gasteiger partial charge in [0.2, 0.25) is 5.78 Å². The van der Waals surface area contributed by atoms with Crippen LogP contribution < -0.4 is 10.5 Å². The molecule has 0 saturated heterocycles. The van der Waals surface area contributed by atoms with Gasteiger partial charge in [0.25, 0.3) is 5.91 Å². The molecule has 3 aliphatic carbocycles. The largest absolute Gasteiger partial charge is 0.508 e. The maximum Gasteiger partial charge on any atom is 0.255 e. The molecule has 0 aromatic heterocycles. The topological polar surface area (TPSA) is 171 Å². The van der Waals surface area contributed by atoms with Crippen LogP contribution >= 0.6 is 0 Å². The Labute approximate surface area is 231 Å². The first-order valence-corrected chi connectivity index (χ1v) is 13.0. The minimum atomic E-state index is -2.67. The van der Waals surface area contributed by atoms with Crippen molar-refractivity contribution in [2.24, 2.45) is 17.6 Å². The van der Waals surface area contributed by atoms with E-state index in [9.17, 15) is 34.8 Å². The number of aliphatic hydroxyl groups excluding tert-OH is 2. The van der Waals surface area contributed by atoms with Gasteiger partial charge < -0.3 is 30.9 Å². The first kappa shape index (κ1) is 27.4. The first-order chi connectivity index (χ1) is 18.9. The lowest BCUT2D eigenvalue weighted by molar-refractivity contribution is -0.153. The number of likely N-dealkylation sites (N-methyl/N-ethyl adjacent to an activating group) is 1. The molecule has 0 radical (unpaired) electrons. The Bertz CT molecular complexity index is 1540. The second-order valence-electron chi connectivity index (χ2n) is 10.8. The number of aromatic hydroxyl groups is 1. The molecule has 2 aromatic rings. The normalized spacial score (nSPS) is 26.0. The Balaban J connectivity index is 1.75. The number of hydrogen-bond donors (Lipinski definition) is 5. The predicted octanol–water partition coefficient (Wildman–Crippen LogP) is 2.20. The average Bonchev–Trinajstić information content (AvgIpc) is 2.90. The number of carbonyl (C=O) groups excluding carboxylic acids is 3. The second-order valence-corrected chi connectivity index (χ2v) is 10.8. The molecule has 10 nitrogen and oxygen atoms in total. The van der Waals surface area contributed by atoms with Gasteiger partial charge in [0.05, 0.1) is 18.7 Å². The summed E-state index contributed by atoms with van der Waals surface area (Å²) in [7, 11) is 4.68. The number of rotatable bonds is 5. The van der Waals surface area contributed by atoms with Crippen LogP contribution in [0.25, 0.3) is 16.9 Å². The van der Waals surface area contributed by atoms with E-state index in [0.29, 0.717) is 16.9 Å². The summed E-state index contributed by atoms with van der Waals surface area (Å²) in [6.07, 6.45) is 0.985. The van der Waals surface area contributed by atoms with Gasteiger partial charge >= 0.3 is 0 Å². The summed E-state index contributed by atoms with van der Waals surface area (Å²) in [5.74, 6) is -6.20. The number of carbonyl (C=O) groups is 3. The third-order valence-electron chi connectivity index (χ3n) is 8.57. The summed E-state index contributed by atoms with van der Waals surface area (Å²) < 4.78 is 5.61. The highest BCUT2D eigenvalue weighted by atomic mass is 16.5. The summed E-state index contributed by atoms with van der Waals surface area (Å²) in [5.41, 5.74) is 4.79.